The second kappa shape index (κ2) is 10.1. The molecular weight excluding hydrogens is 561 g/mol. The molecule has 1 atom stereocenters. The van der Waals surface area contributed by atoms with Gasteiger partial charge in [0.1, 0.15) is 16.8 Å². The molecule has 1 unspecified atom stereocenters. The van der Waals surface area contributed by atoms with Gasteiger partial charge in [-0.05, 0) is 67.3 Å². The summed E-state index contributed by atoms with van der Waals surface area (Å²) in [7, 11) is 0. The summed E-state index contributed by atoms with van der Waals surface area (Å²) in [4.78, 5) is 13.9. The largest absolute Gasteiger partial charge is 0.444 e. The van der Waals surface area contributed by atoms with Crippen molar-refractivity contribution in [1.29, 1.82) is 0 Å². The number of amides is 1. The van der Waals surface area contributed by atoms with Crippen molar-refractivity contribution < 1.29 is 36.9 Å². The molecule has 0 radical (unpaired) electrons. The summed E-state index contributed by atoms with van der Waals surface area (Å²) in [5.74, 6) is -1.04. The van der Waals surface area contributed by atoms with Crippen molar-refractivity contribution in [3.63, 3.8) is 0 Å². The van der Waals surface area contributed by atoms with E-state index < -0.39 is 56.1 Å². The maximum absolute atomic E-state index is 14.2. The zero-order chi connectivity index (χ0) is 29.0. The first-order valence-corrected chi connectivity index (χ1v) is 12.8. The highest BCUT2D eigenvalue weighted by Gasteiger charge is 2.53. The van der Waals surface area contributed by atoms with Crippen LogP contribution in [0.4, 0.5) is 22.4 Å². The van der Waals surface area contributed by atoms with E-state index in [-0.39, 0.29) is 31.7 Å². The minimum absolute atomic E-state index is 0.147. The third kappa shape index (κ3) is 5.82. The predicted octanol–water partition coefficient (Wildman–Crippen LogP) is 7.52. The summed E-state index contributed by atoms with van der Waals surface area (Å²) in [6.07, 6.45) is -3.69. The number of aliphatic hydroxyl groups is 1. The van der Waals surface area contributed by atoms with Crippen LogP contribution in [0, 0.1) is 5.82 Å². The highest BCUT2D eigenvalue weighted by molar-refractivity contribution is 6.35. The molecule has 2 aromatic rings. The molecular formula is C28H27Cl2F4NO4. The molecule has 210 valence electrons. The third-order valence-corrected chi connectivity index (χ3v) is 7.13. The molecule has 1 N–H and O–H groups in total. The van der Waals surface area contributed by atoms with E-state index in [1.165, 1.54) is 17.0 Å². The molecule has 2 aliphatic rings. The van der Waals surface area contributed by atoms with E-state index in [2.05, 4.69) is 6.58 Å². The quantitative estimate of drug-likeness (QED) is 0.223. The van der Waals surface area contributed by atoms with Crippen LogP contribution >= 0.6 is 23.2 Å². The van der Waals surface area contributed by atoms with Crippen LogP contribution in [-0.4, -0.2) is 41.0 Å². The number of carbonyl (C=O) groups is 1. The molecule has 1 amide bonds. The van der Waals surface area contributed by atoms with E-state index in [9.17, 15) is 27.5 Å². The lowest BCUT2D eigenvalue weighted by Crippen LogP contribution is -2.61. The van der Waals surface area contributed by atoms with Crippen LogP contribution in [0.1, 0.15) is 49.4 Å². The fourth-order valence-electron chi connectivity index (χ4n) is 4.77. The first kappa shape index (κ1) is 29.4. The van der Waals surface area contributed by atoms with Crippen molar-refractivity contribution in [2.45, 2.75) is 56.8 Å². The van der Waals surface area contributed by atoms with Crippen LogP contribution in [0.2, 0.25) is 10.0 Å². The Balaban J connectivity index is 1.69. The molecule has 5 nitrogen and oxygen atoms in total. The van der Waals surface area contributed by atoms with Gasteiger partial charge in [0.15, 0.2) is 5.82 Å². The van der Waals surface area contributed by atoms with Crippen molar-refractivity contribution in [3.05, 3.63) is 87.2 Å². The molecule has 2 aromatic carbocycles. The van der Waals surface area contributed by atoms with Gasteiger partial charge in [-0.2, -0.15) is 13.2 Å². The van der Waals surface area contributed by atoms with Gasteiger partial charge in [0.05, 0.1) is 35.3 Å². The van der Waals surface area contributed by atoms with Gasteiger partial charge >= 0.3 is 12.3 Å². The Labute approximate surface area is 233 Å². The van der Waals surface area contributed by atoms with Crippen LogP contribution in [0.15, 0.2) is 49.1 Å². The van der Waals surface area contributed by atoms with Crippen molar-refractivity contribution in [3.8, 4) is 0 Å². The molecule has 4 rings (SSSR count). The number of carbonyl (C=O) groups excluding carboxylic acids is 1. The van der Waals surface area contributed by atoms with Crippen molar-refractivity contribution >= 4 is 34.9 Å². The zero-order valence-electron chi connectivity index (χ0n) is 21.5. The lowest BCUT2D eigenvalue weighted by atomic mass is 9.81. The SMILES string of the molecule is C=CCC(O)(/C=C(\c1cc(Cl)c(F)c(Cl)c1)C(F)(F)F)c1ccc2c(c1)COC21CN(C(=O)OC(C)(C)C)C1. The molecule has 39 heavy (non-hydrogen) atoms. The number of alkyl halides is 3. The minimum atomic E-state index is -4.93. The number of allylic oxidation sites excluding steroid dienone is 1. The Kier molecular flexibility index (Phi) is 7.62. The zero-order valence-corrected chi connectivity index (χ0v) is 23.0. The first-order chi connectivity index (χ1) is 18.0. The second-order valence-electron chi connectivity index (χ2n) is 10.7. The lowest BCUT2D eigenvalue weighted by Gasteiger charge is -2.47. The fraction of sp³-hybridized carbons (Fsp3) is 0.393. The number of rotatable bonds is 5. The number of hydrogen-bond acceptors (Lipinski definition) is 4. The Bertz CT molecular complexity index is 1320. The summed E-state index contributed by atoms with van der Waals surface area (Å²) in [5.41, 5.74) is -3.64. The summed E-state index contributed by atoms with van der Waals surface area (Å²) in [6.45, 7) is 9.56. The molecule has 0 aromatic heterocycles. The molecule has 1 spiro atoms. The van der Waals surface area contributed by atoms with Gasteiger partial charge in [0.2, 0.25) is 0 Å². The summed E-state index contributed by atoms with van der Waals surface area (Å²) in [6, 6.07) is 6.40. The summed E-state index contributed by atoms with van der Waals surface area (Å²) < 4.78 is 67.9. The first-order valence-electron chi connectivity index (χ1n) is 12.0. The van der Waals surface area contributed by atoms with E-state index >= 15 is 0 Å². The van der Waals surface area contributed by atoms with Crippen molar-refractivity contribution in [2.24, 2.45) is 0 Å². The van der Waals surface area contributed by atoms with Gasteiger partial charge in [-0.3, -0.25) is 0 Å². The standard InChI is InChI=1S/C28H27Cl2F4NO4/c1-5-8-26(37,12-20(28(32,33)34)16-10-21(29)23(31)22(30)11-16)18-6-7-19-17(9-18)13-38-27(19)14-35(15-27)24(36)39-25(2,3)4/h5-7,9-12,37H,1,8,13-15H2,2-4H3/b20-12+. The maximum atomic E-state index is 14.2. The Hall–Kier alpha value is -2.59. The monoisotopic (exact) mass is 587 g/mol. The average molecular weight is 588 g/mol. The summed E-state index contributed by atoms with van der Waals surface area (Å²) >= 11 is 11.5. The normalized spacial score (nSPS) is 18.4. The van der Waals surface area contributed by atoms with E-state index in [1.807, 2.05) is 0 Å². The van der Waals surface area contributed by atoms with Crippen molar-refractivity contribution in [1.82, 2.24) is 4.90 Å². The number of ether oxygens (including phenoxy) is 2. The smallest absolute Gasteiger partial charge is 0.416 e. The van der Waals surface area contributed by atoms with Gasteiger partial charge in [-0.25, -0.2) is 9.18 Å². The topological polar surface area (TPSA) is 59.0 Å². The number of nitrogens with zero attached hydrogens (tertiary/aromatic N) is 1. The number of fused-ring (bicyclic) bond motifs is 2. The Morgan fingerprint density at radius 3 is 2.33 bits per heavy atom. The van der Waals surface area contributed by atoms with Gasteiger partial charge in [-0.15, -0.1) is 6.58 Å². The molecule has 0 bridgehead atoms. The fourth-order valence-corrected chi connectivity index (χ4v) is 5.25. The van der Waals surface area contributed by atoms with Crippen molar-refractivity contribution in [2.75, 3.05) is 13.1 Å². The molecule has 2 aliphatic heterocycles. The number of halogens is 6. The van der Waals surface area contributed by atoms with Gasteiger partial charge in [-0.1, -0.05) is 41.4 Å². The van der Waals surface area contributed by atoms with E-state index in [0.717, 1.165) is 17.7 Å². The molecule has 11 heteroatoms. The summed E-state index contributed by atoms with van der Waals surface area (Å²) in [5, 5.41) is 10.4. The number of hydrogen-bond donors (Lipinski definition) is 1. The molecule has 0 saturated carbocycles. The Morgan fingerprint density at radius 1 is 1.18 bits per heavy atom. The second-order valence-corrected chi connectivity index (χ2v) is 11.5. The maximum Gasteiger partial charge on any atom is 0.416 e. The molecule has 2 heterocycles. The van der Waals surface area contributed by atoms with Gasteiger partial charge < -0.3 is 19.5 Å². The highest BCUT2D eigenvalue weighted by atomic mass is 35.5. The van der Waals surface area contributed by atoms with Crippen LogP contribution in [0.25, 0.3) is 5.57 Å². The molecule has 0 aliphatic carbocycles. The predicted molar refractivity (Wildman–Crippen MR) is 140 cm³/mol. The molecule has 1 saturated heterocycles. The van der Waals surface area contributed by atoms with Gasteiger partial charge in [0.25, 0.3) is 0 Å². The van der Waals surface area contributed by atoms with E-state index in [1.54, 1.807) is 32.9 Å². The number of likely N-dealkylation sites (tertiary alicyclic amines) is 1. The number of benzene rings is 2. The van der Waals surface area contributed by atoms with Crippen LogP contribution in [0.3, 0.4) is 0 Å². The minimum Gasteiger partial charge on any atom is -0.444 e. The Morgan fingerprint density at radius 2 is 1.79 bits per heavy atom. The van der Waals surface area contributed by atoms with E-state index in [0.29, 0.717) is 11.6 Å². The van der Waals surface area contributed by atoms with Crippen LogP contribution < -0.4 is 0 Å². The van der Waals surface area contributed by atoms with Crippen LogP contribution in [-0.2, 0) is 27.3 Å². The third-order valence-electron chi connectivity index (χ3n) is 6.58. The van der Waals surface area contributed by atoms with E-state index in [4.69, 9.17) is 32.7 Å². The van der Waals surface area contributed by atoms with Crippen LogP contribution in [0.5, 0.6) is 0 Å². The molecule has 1 fully saturated rings. The highest BCUT2D eigenvalue weighted by Crippen LogP contribution is 2.46. The average Bonchev–Trinajstić information content (AvgIpc) is 3.17. The van der Waals surface area contributed by atoms with Gasteiger partial charge in [0, 0.05) is 6.42 Å². The lowest BCUT2D eigenvalue weighted by molar-refractivity contribution is -0.137.